The minimum atomic E-state index is -0.221. The van der Waals surface area contributed by atoms with Gasteiger partial charge in [0.15, 0.2) is 5.13 Å². The van der Waals surface area contributed by atoms with Crippen molar-refractivity contribution in [3.8, 4) is 0 Å². The molecule has 1 heterocycles. The van der Waals surface area contributed by atoms with Crippen molar-refractivity contribution in [3.05, 3.63) is 4.88 Å². The number of rotatable bonds is 5. The molecule has 0 saturated carbocycles. The van der Waals surface area contributed by atoms with Gasteiger partial charge in [-0.05, 0) is 27.7 Å². The summed E-state index contributed by atoms with van der Waals surface area (Å²) in [5.41, 5.74) is 5.65. The van der Waals surface area contributed by atoms with E-state index in [2.05, 4.69) is 15.6 Å². The first-order valence-electron chi connectivity index (χ1n) is 6.07. The summed E-state index contributed by atoms with van der Waals surface area (Å²) in [5, 5.41) is 6.66. The van der Waals surface area contributed by atoms with Crippen LogP contribution in [0.4, 0.5) is 10.9 Å². The van der Waals surface area contributed by atoms with E-state index in [4.69, 9.17) is 10.5 Å². The first-order chi connectivity index (χ1) is 8.73. The Morgan fingerprint density at radius 2 is 2.16 bits per heavy atom. The van der Waals surface area contributed by atoms with Crippen molar-refractivity contribution in [2.24, 2.45) is 0 Å². The SMILES string of the molecule is COCC(C)NC(=O)c1sc(NC(C)(C)C)nc1N. The van der Waals surface area contributed by atoms with Gasteiger partial charge in [0, 0.05) is 18.7 Å². The predicted octanol–water partition coefficient (Wildman–Crippen LogP) is 1.70. The van der Waals surface area contributed by atoms with Crippen LogP contribution < -0.4 is 16.4 Å². The topological polar surface area (TPSA) is 89.3 Å². The van der Waals surface area contributed by atoms with Gasteiger partial charge in [-0.1, -0.05) is 11.3 Å². The van der Waals surface area contributed by atoms with Crippen LogP contribution in [0.1, 0.15) is 37.4 Å². The Balaban J connectivity index is 2.75. The Morgan fingerprint density at radius 3 is 2.68 bits per heavy atom. The lowest BCUT2D eigenvalue weighted by atomic mass is 10.1. The molecule has 7 heteroatoms. The molecule has 19 heavy (non-hydrogen) atoms. The Labute approximate surface area is 117 Å². The summed E-state index contributed by atoms with van der Waals surface area (Å²) in [4.78, 5) is 16.6. The van der Waals surface area contributed by atoms with Crippen LogP contribution in [0.15, 0.2) is 0 Å². The van der Waals surface area contributed by atoms with E-state index in [1.165, 1.54) is 11.3 Å². The number of thiazole rings is 1. The van der Waals surface area contributed by atoms with Crippen LogP contribution in [0.25, 0.3) is 0 Å². The Bertz CT molecular complexity index is 439. The summed E-state index contributed by atoms with van der Waals surface area (Å²) in [5.74, 6) is 0.0281. The molecule has 0 aliphatic heterocycles. The summed E-state index contributed by atoms with van der Waals surface area (Å²) < 4.78 is 4.97. The van der Waals surface area contributed by atoms with Crippen molar-refractivity contribution in [2.45, 2.75) is 39.3 Å². The van der Waals surface area contributed by atoms with E-state index in [0.717, 1.165) is 0 Å². The van der Waals surface area contributed by atoms with Crippen LogP contribution >= 0.6 is 11.3 Å². The lowest BCUT2D eigenvalue weighted by molar-refractivity contribution is 0.0910. The second-order valence-electron chi connectivity index (χ2n) is 5.44. The highest BCUT2D eigenvalue weighted by atomic mass is 32.1. The second kappa shape index (κ2) is 6.21. The van der Waals surface area contributed by atoms with Gasteiger partial charge in [0.05, 0.1) is 6.61 Å². The maximum atomic E-state index is 12.0. The number of carbonyl (C=O) groups excluding carboxylic acids is 1. The molecule has 108 valence electrons. The molecule has 0 saturated heterocycles. The maximum absolute atomic E-state index is 12.0. The van der Waals surface area contributed by atoms with E-state index in [0.29, 0.717) is 16.6 Å². The number of amides is 1. The van der Waals surface area contributed by atoms with Gasteiger partial charge >= 0.3 is 0 Å². The van der Waals surface area contributed by atoms with E-state index in [9.17, 15) is 4.79 Å². The largest absolute Gasteiger partial charge is 0.383 e. The number of nitrogens with zero attached hydrogens (tertiary/aromatic N) is 1. The van der Waals surface area contributed by atoms with Crippen molar-refractivity contribution in [2.75, 3.05) is 24.8 Å². The summed E-state index contributed by atoms with van der Waals surface area (Å²) in [7, 11) is 1.59. The number of carbonyl (C=O) groups is 1. The average Bonchev–Trinajstić information content (AvgIpc) is 2.56. The molecule has 0 aromatic carbocycles. The van der Waals surface area contributed by atoms with Gasteiger partial charge in [0.25, 0.3) is 5.91 Å². The first-order valence-corrected chi connectivity index (χ1v) is 6.89. The summed E-state index contributed by atoms with van der Waals surface area (Å²) in [6.07, 6.45) is 0. The quantitative estimate of drug-likeness (QED) is 0.766. The minimum Gasteiger partial charge on any atom is -0.383 e. The first kappa shape index (κ1) is 15.7. The fourth-order valence-electron chi connectivity index (χ4n) is 1.45. The number of nitrogens with two attached hydrogens (primary N) is 1. The van der Waals surface area contributed by atoms with Crippen LogP contribution in [-0.4, -0.2) is 36.2 Å². The molecule has 1 aromatic heterocycles. The van der Waals surface area contributed by atoms with E-state index in [-0.39, 0.29) is 23.3 Å². The smallest absolute Gasteiger partial charge is 0.265 e. The lowest BCUT2D eigenvalue weighted by Crippen LogP contribution is -2.35. The molecule has 0 bridgehead atoms. The third-order valence-electron chi connectivity index (χ3n) is 2.14. The molecule has 1 atom stereocenters. The molecule has 1 unspecified atom stereocenters. The van der Waals surface area contributed by atoms with Gasteiger partial charge in [-0.2, -0.15) is 0 Å². The number of hydrogen-bond donors (Lipinski definition) is 3. The zero-order valence-corrected chi connectivity index (χ0v) is 12.9. The summed E-state index contributed by atoms with van der Waals surface area (Å²) in [6, 6.07) is -0.0713. The number of methoxy groups -OCH3 is 1. The fraction of sp³-hybridized carbons (Fsp3) is 0.667. The zero-order chi connectivity index (χ0) is 14.6. The highest BCUT2D eigenvalue weighted by molar-refractivity contribution is 7.18. The molecule has 0 spiro atoms. The number of anilines is 2. The molecule has 0 radical (unpaired) electrons. The maximum Gasteiger partial charge on any atom is 0.265 e. The van der Waals surface area contributed by atoms with Gasteiger partial charge in [0.1, 0.15) is 10.7 Å². The molecular formula is C12H22N4O2S. The fourth-order valence-corrected chi connectivity index (χ4v) is 2.45. The minimum absolute atomic E-state index is 0.0713. The molecule has 6 nitrogen and oxygen atoms in total. The van der Waals surface area contributed by atoms with Crippen LogP contribution in [-0.2, 0) is 4.74 Å². The number of nitrogens with one attached hydrogen (secondary N) is 2. The molecule has 0 aliphatic carbocycles. The van der Waals surface area contributed by atoms with E-state index in [1.54, 1.807) is 7.11 Å². The Kier molecular flexibility index (Phi) is 5.13. The highest BCUT2D eigenvalue weighted by Gasteiger charge is 2.20. The number of nitrogen functional groups attached to an aromatic ring is 1. The van der Waals surface area contributed by atoms with Crippen LogP contribution in [0, 0.1) is 0 Å². The predicted molar refractivity (Wildman–Crippen MR) is 78.7 cm³/mol. The van der Waals surface area contributed by atoms with Crippen molar-refractivity contribution >= 4 is 28.2 Å². The summed E-state index contributed by atoms with van der Waals surface area (Å²) in [6.45, 7) is 8.38. The Morgan fingerprint density at radius 1 is 1.53 bits per heavy atom. The van der Waals surface area contributed by atoms with E-state index in [1.807, 2.05) is 27.7 Å². The van der Waals surface area contributed by atoms with Crippen molar-refractivity contribution in [1.29, 1.82) is 0 Å². The molecular weight excluding hydrogens is 264 g/mol. The molecule has 1 aromatic rings. The van der Waals surface area contributed by atoms with Crippen LogP contribution in [0.2, 0.25) is 0 Å². The Hall–Kier alpha value is -1.34. The molecule has 4 N–H and O–H groups in total. The molecule has 1 amide bonds. The molecule has 0 fully saturated rings. The molecule has 1 rings (SSSR count). The van der Waals surface area contributed by atoms with Gasteiger partial charge in [-0.15, -0.1) is 0 Å². The average molecular weight is 286 g/mol. The third-order valence-corrected chi connectivity index (χ3v) is 3.12. The van der Waals surface area contributed by atoms with Gasteiger partial charge in [-0.3, -0.25) is 4.79 Å². The van der Waals surface area contributed by atoms with Gasteiger partial charge in [0.2, 0.25) is 0 Å². The highest BCUT2D eigenvalue weighted by Crippen LogP contribution is 2.27. The van der Waals surface area contributed by atoms with Gasteiger partial charge < -0.3 is 21.1 Å². The molecule has 0 aliphatic rings. The second-order valence-corrected chi connectivity index (χ2v) is 6.44. The normalized spacial score (nSPS) is 13.1. The van der Waals surface area contributed by atoms with Crippen LogP contribution in [0.3, 0.4) is 0 Å². The van der Waals surface area contributed by atoms with Gasteiger partial charge in [-0.25, -0.2) is 4.98 Å². The monoisotopic (exact) mass is 286 g/mol. The number of aromatic nitrogens is 1. The van der Waals surface area contributed by atoms with Crippen molar-refractivity contribution < 1.29 is 9.53 Å². The van der Waals surface area contributed by atoms with Crippen molar-refractivity contribution in [3.63, 3.8) is 0 Å². The lowest BCUT2D eigenvalue weighted by Gasteiger charge is -2.19. The van der Waals surface area contributed by atoms with Crippen molar-refractivity contribution in [1.82, 2.24) is 10.3 Å². The third kappa shape index (κ3) is 5.04. The van der Waals surface area contributed by atoms with Crippen LogP contribution in [0.5, 0.6) is 0 Å². The van der Waals surface area contributed by atoms with E-state index < -0.39 is 0 Å². The standard InChI is InChI=1S/C12H22N4O2S/c1-7(6-18-5)14-10(17)8-9(13)15-11(19-8)16-12(2,3)4/h7H,6,13H2,1-5H3,(H,14,17)(H,15,16). The zero-order valence-electron chi connectivity index (χ0n) is 12.0. The number of hydrogen-bond acceptors (Lipinski definition) is 6. The van der Waals surface area contributed by atoms with E-state index >= 15 is 0 Å². The summed E-state index contributed by atoms with van der Waals surface area (Å²) >= 11 is 1.25. The number of ether oxygens (including phenoxy) is 1.